The molecule has 8 heteroatoms. The Morgan fingerprint density at radius 2 is 2.07 bits per heavy atom. The molecule has 2 aromatic heterocycles. The van der Waals surface area contributed by atoms with E-state index in [1.165, 1.54) is 25.0 Å². The number of aromatic nitrogens is 4. The molecular formula is C22H25N5O3. The van der Waals surface area contributed by atoms with Gasteiger partial charge in [-0.15, -0.1) is 0 Å². The molecule has 8 rings (SSSR count). The van der Waals surface area contributed by atoms with E-state index in [1.807, 2.05) is 0 Å². The van der Waals surface area contributed by atoms with E-state index >= 15 is 0 Å². The van der Waals surface area contributed by atoms with Crippen LogP contribution in [-0.2, 0) is 6.42 Å². The first-order valence-electron chi connectivity index (χ1n) is 11.1. The van der Waals surface area contributed by atoms with Crippen LogP contribution in [0.15, 0.2) is 18.6 Å². The maximum absolute atomic E-state index is 13.5. The summed E-state index contributed by atoms with van der Waals surface area (Å²) in [5.74, 6) is 2.33. The minimum Gasteiger partial charge on any atom is -0.619 e. The third-order valence-electron chi connectivity index (χ3n) is 8.27. The van der Waals surface area contributed by atoms with Crippen LogP contribution in [0.25, 0.3) is 5.82 Å². The van der Waals surface area contributed by atoms with E-state index in [0.717, 1.165) is 49.8 Å². The van der Waals surface area contributed by atoms with Crippen LogP contribution in [0.1, 0.15) is 72.6 Å². The molecule has 2 aromatic rings. The summed E-state index contributed by atoms with van der Waals surface area (Å²) in [7, 11) is 0. The summed E-state index contributed by atoms with van der Waals surface area (Å²) in [5.41, 5.74) is 1.61. The van der Waals surface area contributed by atoms with Crippen molar-refractivity contribution in [1.29, 1.82) is 0 Å². The van der Waals surface area contributed by atoms with E-state index in [2.05, 4.69) is 15.4 Å². The summed E-state index contributed by atoms with van der Waals surface area (Å²) in [4.78, 5) is 17.8. The second-order valence-corrected chi connectivity index (χ2v) is 10.6. The number of fused-ring (bicyclic) bond motifs is 3. The number of hydrogen-bond acceptors (Lipinski definition) is 5. The fraction of sp³-hybridized carbons (Fsp3) is 0.636. The van der Waals surface area contributed by atoms with Crippen LogP contribution in [0.5, 0.6) is 0 Å². The Labute approximate surface area is 173 Å². The van der Waals surface area contributed by atoms with Crippen LogP contribution in [0.4, 0.5) is 0 Å². The van der Waals surface area contributed by atoms with Crippen molar-refractivity contribution in [2.24, 2.45) is 17.8 Å². The second-order valence-electron chi connectivity index (χ2n) is 10.6. The van der Waals surface area contributed by atoms with Crippen molar-refractivity contribution in [2.75, 3.05) is 0 Å². The molecule has 2 N–H and O–H groups in total. The van der Waals surface area contributed by atoms with Crippen LogP contribution in [0.3, 0.4) is 0 Å². The molecule has 1 amide bonds. The van der Waals surface area contributed by atoms with E-state index in [0.29, 0.717) is 46.3 Å². The second kappa shape index (κ2) is 5.41. The number of aliphatic hydroxyl groups is 1. The number of hydrogen-bond donors (Lipinski definition) is 2. The van der Waals surface area contributed by atoms with Crippen molar-refractivity contribution in [3.05, 3.63) is 40.7 Å². The molecule has 0 aromatic carbocycles. The number of amides is 1. The minimum absolute atomic E-state index is 0.136. The van der Waals surface area contributed by atoms with Gasteiger partial charge in [0, 0.05) is 17.0 Å². The Bertz CT molecular complexity index is 1080. The van der Waals surface area contributed by atoms with Crippen LogP contribution >= 0.6 is 0 Å². The van der Waals surface area contributed by atoms with Crippen molar-refractivity contribution in [1.82, 2.24) is 20.1 Å². The van der Waals surface area contributed by atoms with Gasteiger partial charge >= 0.3 is 0 Å². The monoisotopic (exact) mass is 407 g/mol. The van der Waals surface area contributed by atoms with Crippen molar-refractivity contribution >= 4 is 5.91 Å². The zero-order chi connectivity index (χ0) is 20.3. The van der Waals surface area contributed by atoms with Gasteiger partial charge in [0.25, 0.3) is 5.91 Å². The highest BCUT2D eigenvalue weighted by atomic mass is 16.5. The quantitative estimate of drug-likeness (QED) is 0.590. The molecule has 0 spiro atoms. The van der Waals surface area contributed by atoms with Gasteiger partial charge in [-0.2, -0.15) is 9.83 Å². The summed E-state index contributed by atoms with van der Waals surface area (Å²) < 4.78 is 2.43. The first kappa shape index (κ1) is 17.2. The molecule has 6 aliphatic rings. The zero-order valence-corrected chi connectivity index (χ0v) is 16.8. The highest BCUT2D eigenvalue weighted by Gasteiger charge is 2.58. The molecule has 5 fully saturated rings. The first-order valence-corrected chi connectivity index (χ1v) is 11.1. The Kier molecular flexibility index (Phi) is 3.10. The Morgan fingerprint density at radius 3 is 2.80 bits per heavy atom. The Hall–Kier alpha value is -2.48. The Balaban J connectivity index is 1.25. The van der Waals surface area contributed by atoms with E-state index < -0.39 is 5.60 Å². The van der Waals surface area contributed by atoms with Gasteiger partial charge in [0.15, 0.2) is 11.9 Å². The third-order valence-corrected chi connectivity index (χ3v) is 8.27. The smallest absolute Gasteiger partial charge is 0.272 e. The van der Waals surface area contributed by atoms with Gasteiger partial charge in [-0.25, -0.2) is 9.67 Å². The van der Waals surface area contributed by atoms with Crippen LogP contribution in [-0.4, -0.2) is 36.9 Å². The van der Waals surface area contributed by atoms with Gasteiger partial charge in [0.1, 0.15) is 0 Å². The average Bonchev–Trinajstić information content (AvgIpc) is 3.14. The SMILES string of the molecule is O=C(N[C@@]12C[C@@H]3C[C@@H](CC(O)(C3)C1)C2)c1nn(-c2c[n+]([O-])ccn2)c2c1C[C@@H]1C[C@H]21. The molecule has 8 nitrogen and oxygen atoms in total. The summed E-state index contributed by atoms with van der Waals surface area (Å²) in [5, 5.41) is 30.8. The van der Waals surface area contributed by atoms with Crippen LogP contribution in [0.2, 0.25) is 0 Å². The lowest BCUT2D eigenvalue weighted by Gasteiger charge is -2.60. The molecule has 4 bridgehead atoms. The predicted molar refractivity (Wildman–Crippen MR) is 105 cm³/mol. The number of carbonyl (C=O) groups is 1. The molecular weight excluding hydrogens is 382 g/mol. The fourth-order valence-electron chi connectivity index (χ4n) is 7.61. The molecule has 0 saturated heterocycles. The highest BCUT2D eigenvalue weighted by molar-refractivity contribution is 5.95. The van der Waals surface area contributed by atoms with Crippen LogP contribution in [0, 0.1) is 23.0 Å². The van der Waals surface area contributed by atoms with E-state index in [-0.39, 0.29) is 11.4 Å². The van der Waals surface area contributed by atoms with Crippen molar-refractivity contribution < 1.29 is 14.6 Å². The molecule has 0 radical (unpaired) electrons. The molecule has 30 heavy (non-hydrogen) atoms. The van der Waals surface area contributed by atoms with Gasteiger partial charge in [0.2, 0.25) is 12.0 Å². The minimum atomic E-state index is -0.615. The normalized spacial score (nSPS) is 39.6. The van der Waals surface area contributed by atoms with E-state index in [1.54, 1.807) is 4.68 Å². The third kappa shape index (κ3) is 2.37. The lowest BCUT2D eigenvalue weighted by Crippen LogP contribution is -2.65. The largest absolute Gasteiger partial charge is 0.619 e. The highest BCUT2D eigenvalue weighted by Crippen LogP contribution is 2.59. The summed E-state index contributed by atoms with van der Waals surface area (Å²) in [6.45, 7) is 0. The maximum atomic E-state index is 13.5. The number of nitrogens with one attached hydrogen (secondary N) is 1. The lowest BCUT2D eigenvalue weighted by atomic mass is 9.51. The average molecular weight is 407 g/mol. The zero-order valence-electron chi connectivity index (χ0n) is 16.8. The predicted octanol–water partition coefficient (Wildman–Crippen LogP) is 1.37. The molecule has 6 aliphatic carbocycles. The topological polar surface area (TPSA) is 107 Å². The summed E-state index contributed by atoms with van der Waals surface area (Å²) >= 11 is 0. The van der Waals surface area contributed by atoms with Gasteiger partial charge in [-0.3, -0.25) is 4.79 Å². The van der Waals surface area contributed by atoms with E-state index in [9.17, 15) is 15.1 Å². The van der Waals surface area contributed by atoms with E-state index in [4.69, 9.17) is 0 Å². The van der Waals surface area contributed by atoms with Gasteiger partial charge in [-0.1, -0.05) is 0 Å². The van der Waals surface area contributed by atoms with Gasteiger partial charge in [0.05, 0.1) is 17.5 Å². The molecule has 1 unspecified atom stereocenters. The summed E-state index contributed by atoms with van der Waals surface area (Å²) in [6.07, 6.45) is 11.7. The molecule has 6 atom stereocenters. The molecule has 156 valence electrons. The molecule has 5 saturated carbocycles. The number of carbonyl (C=O) groups excluding carboxylic acids is 1. The fourth-order valence-corrected chi connectivity index (χ4v) is 7.61. The van der Waals surface area contributed by atoms with Crippen molar-refractivity contribution in [3.63, 3.8) is 0 Å². The van der Waals surface area contributed by atoms with Gasteiger partial charge in [-0.05, 0) is 69.1 Å². The lowest BCUT2D eigenvalue weighted by molar-refractivity contribution is -0.605. The standard InChI is InChI=1S/C22H25N5O3/c28-20(24-21-6-12-3-13(7-21)9-22(29,8-12)11-21)18-16-5-14-4-15(14)19(16)27(25-18)17-10-26(30)2-1-23-17/h1-2,10,12-15,29H,3-9,11H2,(H,24,28)/t12-,13+,14-,15-,21+,22?/m0/s1. The van der Waals surface area contributed by atoms with Crippen molar-refractivity contribution in [3.8, 4) is 5.82 Å². The van der Waals surface area contributed by atoms with Gasteiger partial charge < -0.3 is 15.6 Å². The number of nitrogens with zero attached hydrogens (tertiary/aromatic N) is 4. The Morgan fingerprint density at radius 1 is 1.27 bits per heavy atom. The maximum Gasteiger partial charge on any atom is 0.272 e. The number of rotatable bonds is 3. The first-order chi connectivity index (χ1) is 14.4. The molecule has 0 aliphatic heterocycles. The van der Waals surface area contributed by atoms with Crippen molar-refractivity contribution in [2.45, 2.75) is 68.4 Å². The summed E-state index contributed by atoms with van der Waals surface area (Å²) in [6, 6.07) is 0. The molecule has 2 heterocycles. The van der Waals surface area contributed by atoms with Crippen LogP contribution < -0.4 is 10.0 Å².